The summed E-state index contributed by atoms with van der Waals surface area (Å²) in [6.07, 6.45) is 1.63. The van der Waals surface area contributed by atoms with Gasteiger partial charge in [0.15, 0.2) is 11.5 Å². The lowest BCUT2D eigenvalue weighted by atomic mass is 9.95. The minimum absolute atomic E-state index is 0.210. The molecule has 2 saturated heterocycles. The molecule has 9 nitrogen and oxygen atoms in total. The Kier molecular flexibility index (Phi) is 6.59. The molecular weight excluding hydrogens is 482 g/mol. The van der Waals surface area contributed by atoms with Gasteiger partial charge in [0, 0.05) is 41.2 Å². The lowest BCUT2D eigenvalue weighted by Crippen LogP contribution is -2.35. The van der Waals surface area contributed by atoms with Crippen molar-refractivity contribution in [3.63, 3.8) is 0 Å². The van der Waals surface area contributed by atoms with Gasteiger partial charge in [-0.1, -0.05) is 13.8 Å². The molecule has 200 valence electrons. The second-order valence-electron chi connectivity index (χ2n) is 10.5. The first-order valence-electron chi connectivity index (χ1n) is 13.3. The van der Waals surface area contributed by atoms with Gasteiger partial charge in [0.25, 0.3) is 0 Å². The summed E-state index contributed by atoms with van der Waals surface area (Å²) in [6.45, 7) is 9.12. The zero-order chi connectivity index (χ0) is 26.4. The highest BCUT2D eigenvalue weighted by Gasteiger charge is 2.37. The summed E-state index contributed by atoms with van der Waals surface area (Å²) in [4.78, 5) is 5.97. The van der Waals surface area contributed by atoms with Gasteiger partial charge >= 0.3 is 0 Å². The van der Waals surface area contributed by atoms with Crippen molar-refractivity contribution in [3.8, 4) is 34.2 Å². The van der Waals surface area contributed by atoms with Crippen LogP contribution in [0.3, 0.4) is 0 Å². The summed E-state index contributed by atoms with van der Waals surface area (Å²) in [5.41, 5.74) is 5.33. The van der Waals surface area contributed by atoms with Crippen molar-refractivity contribution < 1.29 is 18.6 Å². The molecule has 0 radical (unpaired) electrons. The lowest BCUT2D eigenvalue weighted by molar-refractivity contribution is 0.276. The van der Waals surface area contributed by atoms with Gasteiger partial charge in [0.1, 0.15) is 6.23 Å². The predicted molar refractivity (Wildman–Crippen MR) is 145 cm³/mol. The molecule has 3 atom stereocenters. The Balaban J connectivity index is 1.24. The van der Waals surface area contributed by atoms with Crippen LogP contribution < -0.4 is 14.8 Å². The van der Waals surface area contributed by atoms with E-state index in [1.165, 1.54) is 5.56 Å². The van der Waals surface area contributed by atoms with E-state index in [0.717, 1.165) is 47.2 Å². The summed E-state index contributed by atoms with van der Waals surface area (Å²) in [5, 5.41) is 13.4. The molecule has 0 aliphatic carbocycles. The molecule has 2 unspecified atom stereocenters. The van der Waals surface area contributed by atoms with E-state index in [1.807, 2.05) is 18.2 Å². The fraction of sp³-hybridized carbons (Fsp3) is 0.448. The number of rotatable bonds is 9. The molecule has 4 heterocycles. The number of methoxy groups -OCH3 is 2. The van der Waals surface area contributed by atoms with Crippen molar-refractivity contribution >= 4 is 10.9 Å². The van der Waals surface area contributed by atoms with Gasteiger partial charge in [0.2, 0.25) is 11.8 Å². The highest BCUT2D eigenvalue weighted by molar-refractivity contribution is 5.94. The molecule has 38 heavy (non-hydrogen) atoms. The van der Waals surface area contributed by atoms with Crippen molar-refractivity contribution in [2.75, 3.05) is 27.3 Å². The Morgan fingerprint density at radius 2 is 1.87 bits per heavy atom. The molecule has 2 aromatic heterocycles. The molecule has 0 spiro atoms. The van der Waals surface area contributed by atoms with Crippen LogP contribution in [-0.4, -0.2) is 65.8 Å². The first kappa shape index (κ1) is 24.9. The van der Waals surface area contributed by atoms with Crippen LogP contribution in [0.5, 0.6) is 11.5 Å². The molecule has 2 N–H and O–H groups in total. The minimum atomic E-state index is 0.210. The van der Waals surface area contributed by atoms with E-state index in [2.05, 4.69) is 64.4 Å². The summed E-state index contributed by atoms with van der Waals surface area (Å²) in [6, 6.07) is 12.7. The minimum Gasteiger partial charge on any atom is -0.493 e. The zero-order valence-corrected chi connectivity index (χ0v) is 22.6. The highest BCUT2D eigenvalue weighted by Crippen LogP contribution is 2.40. The van der Waals surface area contributed by atoms with E-state index in [9.17, 15) is 0 Å². The Bertz CT molecular complexity index is 1440. The maximum atomic E-state index is 6.12. The van der Waals surface area contributed by atoms with Crippen LogP contribution in [0.2, 0.25) is 0 Å². The van der Waals surface area contributed by atoms with Gasteiger partial charge in [-0.25, -0.2) is 0 Å². The van der Waals surface area contributed by atoms with Crippen LogP contribution in [0.25, 0.3) is 33.6 Å². The van der Waals surface area contributed by atoms with Crippen LogP contribution in [-0.2, 0) is 11.3 Å². The number of ether oxygens (including phenoxy) is 3. The van der Waals surface area contributed by atoms with Crippen molar-refractivity contribution in [1.82, 2.24) is 25.4 Å². The molecule has 2 aliphatic heterocycles. The molecular formula is C29H35N5O4. The molecule has 2 fully saturated rings. The SMILES string of the molecule is COc1ccc(-c2[nH]c3ccc(-c4nnc(CN5CC[C@H](NC6OC6C)C5)o4)cc3c2C(C)C)cc1OC. The number of aromatic nitrogens is 3. The van der Waals surface area contributed by atoms with Crippen molar-refractivity contribution in [2.45, 2.75) is 58.0 Å². The smallest absolute Gasteiger partial charge is 0.247 e. The first-order valence-corrected chi connectivity index (χ1v) is 13.3. The summed E-state index contributed by atoms with van der Waals surface area (Å²) in [7, 11) is 3.30. The number of nitrogens with zero attached hydrogens (tertiary/aromatic N) is 3. The maximum absolute atomic E-state index is 6.12. The molecule has 0 amide bonds. The van der Waals surface area contributed by atoms with Gasteiger partial charge in [-0.3, -0.25) is 10.2 Å². The van der Waals surface area contributed by atoms with E-state index in [-0.39, 0.29) is 6.23 Å². The van der Waals surface area contributed by atoms with E-state index < -0.39 is 0 Å². The van der Waals surface area contributed by atoms with Crippen LogP contribution in [0, 0.1) is 0 Å². The third-order valence-electron chi connectivity index (χ3n) is 7.54. The van der Waals surface area contributed by atoms with E-state index >= 15 is 0 Å². The number of aromatic amines is 1. The lowest BCUT2D eigenvalue weighted by Gasteiger charge is -2.13. The molecule has 4 aromatic rings. The first-order chi connectivity index (χ1) is 18.4. The Morgan fingerprint density at radius 3 is 2.61 bits per heavy atom. The average Bonchev–Trinajstić information content (AvgIpc) is 3.32. The van der Waals surface area contributed by atoms with Crippen LogP contribution in [0.4, 0.5) is 0 Å². The van der Waals surface area contributed by atoms with Crippen LogP contribution in [0.15, 0.2) is 40.8 Å². The Labute approximate surface area is 222 Å². The Hall–Kier alpha value is -3.40. The number of benzene rings is 2. The van der Waals surface area contributed by atoms with Gasteiger partial charge < -0.3 is 23.6 Å². The third kappa shape index (κ3) is 4.77. The van der Waals surface area contributed by atoms with E-state index in [4.69, 9.17) is 18.6 Å². The topological polar surface area (TPSA) is 101 Å². The number of fused-ring (bicyclic) bond motifs is 1. The highest BCUT2D eigenvalue weighted by atomic mass is 16.6. The number of likely N-dealkylation sites (tertiary alicyclic amines) is 1. The molecule has 2 aromatic carbocycles. The molecule has 9 heteroatoms. The zero-order valence-electron chi connectivity index (χ0n) is 22.6. The van der Waals surface area contributed by atoms with Gasteiger partial charge in [-0.15, -0.1) is 10.2 Å². The van der Waals surface area contributed by atoms with Gasteiger partial charge in [-0.2, -0.15) is 0 Å². The molecule has 0 bridgehead atoms. The average molecular weight is 518 g/mol. The molecule has 0 saturated carbocycles. The summed E-state index contributed by atoms with van der Waals surface area (Å²) in [5.74, 6) is 2.88. The normalized spacial score (nSPS) is 21.5. The quantitative estimate of drug-likeness (QED) is 0.301. The van der Waals surface area contributed by atoms with Crippen LogP contribution >= 0.6 is 0 Å². The second-order valence-corrected chi connectivity index (χ2v) is 10.5. The van der Waals surface area contributed by atoms with Crippen molar-refractivity contribution in [3.05, 3.63) is 47.9 Å². The monoisotopic (exact) mass is 517 g/mol. The fourth-order valence-corrected chi connectivity index (χ4v) is 5.50. The number of hydrogen-bond acceptors (Lipinski definition) is 8. The summed E-state index contributed by atoms with van der Waals surface area (Å²) < 4.78 is 22.6. The van der Waals surface area contributed by atoms with Crippen molar-refractivity contribution in [1.29, 1.82) is 0 Å². The van der Waals surface area contributed by atoms with Gasteiger partial charge in [0.05, 0.1) is 32.6 Å². The largest absolute Gasteiger partial charge is 0.493 e. The van der Waals surface area contributed by atoms with E-state index in [1.54, 1.807) is 14.2 Å². The number of epoxide rings is 1. The molecule has 2 aliphatic rings. The maximum Gasteiger partial charge on any atom is 0.247 e. The predicted octanol–water partition coefficient (Wildman–Crippen LogP) is 4.93. The van der Waals surface area contributed by atoms with Crippen LogP contribution in [0.1, 0.15) is 44.6 Å². The van der Waals surface area contributed by atoms with Gasteiger partial charge in [-0.05, 0) is 61.2 Å². The van der Waals surface area contributed by atoms with E-state index in [0.29, 0.717) is 47.9 Å². The number of hydrogen-bond donors (Lipinski definition) is 2. The third-order valence-corrected chi connectivity index (χ3v) is 7.54. The number of nitrogens with one attached hydrogen (secondary N) is 2. The van der Waals surface area contributed by atoms with Crippen molar-refractivity contribution in [2.24, 2.45) is 0 Å². The molecule has 6 rings (SSSR count). The standard InChI is InChI=1S/C29H35N5O4/c1-16(2)26-21-12-19(6-8-22(21)31-27(26)18-7-9-23(35-4)24(13-18)36-5)29-33-32-25(38-29)15-34-11-10-20(14-34)30-28-17(3)37-28/h6-9,12-13,16-17,20,28,30-31H,10-11,14-15H2,1-5H3/t17?,20-,28?/m0/s1. The number of H-pyrrole nitrogens is 1. The Morgan fingerprint density at radius 1 is 1.08 bits per heavy atom. The second kappa shape index (κ2) is 10.1. The fourth-order valence-electron chi connectivity index (χ4n) is 5.50. The summed E-state index contributed by atoms with van der Waals surface area (Å²) >= 11 is 0.